The van der Waals surface area contributed by atoms with Gasteiger partial charge < -0.3 is 19.6 Å². The lowest BCUT2D eigenvalue weighted by atomic mass is 9.84. The highest BCUT2D eigenvalue weighted by atomic mass is 32.2. The van der Waals surface area contributed by atoms with Gasteiger partial charge in [-0.2, -0.15) is 0 Å². The predicted molar refractivity (Wildman–Crippen MR) is 152 cm³/mol. The van der Waals surface area contributed by atoms with Crippen molar-refractivity contribution in [3.63, 3.8) is 0 Å². The van der Waals surface area contributed by atoms with Crippen molar-refractivity contribution in [3.05, 3.63) is 120 Å². The van der Waals surface area contributed by atoms with E-state index < -0.39 is 16.9 Å². The van der Waals surface area contributed by atoms with Gasteiger partial charge in [0.05, 0.1) is 16.9 Å². The first kappa shape index (κ1) is 27.0. The van der Waals surface area contributed by atoms with E-state index in [1.54, 1.807) is 11.0 Å². The molecule has 0 aliphatic carbocycles. The number of rotatable bonds is 10. The molecule has 1 heterocycles. The Hall–Kier alpha value is -3.06. The minimum Gasteiger partial charge on any atom is -0.445 e. The Labute approximate surface area is 224 Å². The van der Waals surface area contributed by atoms with Crippen LogP contribution in [0, 0.1) is 0 Å². The normalized spacial score (nSPS) is 18.5. The number of nitrogens with zero attached hydrogens (tertiary/aromatic N) is 2. The zero-order valence-corrected chi connectivity index (χ0v) is 22.4. The van der Waals surface area contributed by atoms with Gasteiger partial charge in [0.2, 0.25) is 0 Å². The van der Waals surface area contributed by atoms with Gasteiger partial charge in [0, 0.05) is 18.3 Å². The Balaban J connectivity index is 1.76. The van der Waals surface area contributed by atoms with Crippen LogP contribution in [-0.2, 0) is 9.48 Å². The zero-order chi connectivity index (χ0) is 26.3. The van der Waals surface area contributed by atoms with Crippen LogP contribution < -0.4 is 0 Å². The largest absolute Gasteiger partial charge is 0.445 e. The number of thioether (sulfide) groups is 1. The molecule has 0 spiro atoms. The maximum Gasteiger partial charge on any atom is 0.410 e. The number of benzene rings is 3. The van der Waals surface area contributed by atoms with E-state index in [1.165, 1.54) is 16.7 Å². The molecule has 6 heteroatoms. The number of ether oxygens (including phenoxy) is 1. The van der Waals surface area contributed by atoms with Gasteiger partial charge in [0.1, 0.15) is 6.61 Å². The van der Waals surface area contributed by atoms with E-state index >= 15 is 0 Å². The topological polar surface area (TPSA) is 53.0 Å². The third-order valence-corrected chi connectivity index (χ3v) is 8.48. The van der Waals surface area contributed by atoms with Gasteiger partial charge in [-0.15, -0.1) is 11.8 Å². The monoisotopic (exact) mass is 516 g/mol. The number of hydrogen-bond acceptors (Lipinski definition) is 5. The van der Waals surface area contributed by atoms with Gasteiger partial charge in [-0.25, -0.2) is 4.79 Å². The minimum atomic E-state index is -0.684. The van der Waals surface area contributed by atoms with Gasteiger partial charge >= 0.3 is 6.09 Å². The summed E-state index contributed by atoms with van der Waals surface area (Å²) in [6.07, 6.45) is 1.14. The van der Waals surface area contributed by atoms with Crippen molar-refractivity contribution in [3.8, 4) is 0 Å². The fourth-order valence-electron chi connectivity index (χ4n) is 5.17. The summed E-state index contributed by atoms with van der Waals surface area (Å²) in [4.78, 5) is 16.7. The van der Waals surface area contributed by atoms with E-state index in [0.29, 0.717) is 19.5 Å². The molecule has 1 aliphatic rings. The first-order chi connectivity index (χ1) is 18.0. The number of likely N-dealkylation sites (tertiary alicyclic amines) is 1. The second kappa shape index (κ2) is 12.5. The molecule has 0 bridgehead atoms. The lowest BCUT2D eigenvalue weighted by Gasteiger charge is -2.37. The summed E-state index contributed by atoms with van der Waals surface area (Å²) in [6, 6.07) is 31.3. The highest BCUT2D eigenvalue weighted by Crippen LogP contribution is 2.52. The Kier molecular flexibility index (Phi) is 9.09. The number of aliphatic hydroxyl groups excluding tert-OH is 1. The molecule has 3 aromatic carbocycles. The van der Waals surface area contributed by atoms with Crippen LogP contribution in [0.25, 0.3) is 0 Å². The van der Waals surface area contributed by atoms with Gasteiger partial charge in [-0.3, -0.25) is 0 Å². The van der Waals surface area contributed by atoms with E-state index in [2.05, 4.69) is 79.4 Å². The summed E-state index contributed by atoms with van der Waals surface area (Å²) in [6.45, 7) is 4.76. The second-order valence-electron chi connectivity index (χ2n) is 9.67. The van der Waals surface area contributed by atoms with Crippen LogP contribution >= 0.6 is 11.8 Å². The molecular weight excluding hydrogens is 480 g/mol. The fourth-order valence-corrected chi connectivity index (χ4v) is 7.01. The Morgan fingerprint density at radius 3 is 1.95 bits per heavy atom. The summed E-state index contributed by atoms with van der Waals surface area (Å²) in [5.41, 5.74) is 3.53. The summed E-state index contributed by atoms with van der Waals surface area (Å²) >= 11 is 1.85. The van der Waals surface area contributed by atoms with Crippen LogP contribution in [-0.4, -0.2) is 72.2 Å². The van der Waals surface area contributed by atoms with Gasteiger partial charge in [0.25, 0.3) is 0 Å². The molecule has 5 nitrogen and oxygen atoms in total. The summed E-state index contributed by atoms with van der Waals surface area (Å²) in [5, 5.41) is 11.2. The third-order valence-electron chi connectivity index (χ3n) is 6.74. The number of aliphatic hydroxyl groups is 1. The van der Waals surface area contributed by atoms with Gasteiger partial charge in [-0.1, -0.05) is 104 Å². The van der Waals surface area contributed by atoms with Crippen LogP contribution in [0.15, 0.2) is 104 Å². The maximum absolute atomic E-state index is 13.0. The molecule has 1 saturated heterocycles. The second-order valence-corrected chi connectivity index (χ2v) is 11.2. The van der Waals surface area contributed by atoms with Crippen LogP contribution in [0.2, 0.25) is 0 Å². The summed E-state index contributed by atoms with van der Waals surface area (Å²) in [7, 11) is 3.85. The molecule has 3 atom stereocenters. The molecule has 0 aromatic heterocycles. The van der Waals surface area contributed by atoms with Crippen LogP contribution in [0.1, 0.15) is 23.1 Å². The highest BCUT2D eigenvalue weighted by molar-refractivity contribution is 8.01. The summed E-state index contributed by atoms with van der Waals surface area (Å²) in [5.74, 6) is 0. The van der Waals surface area contributed by atoms with E-state index in [0.717, 1.165) is 0 Å². The average Bonchev–Trinajstić information content (AvgIpc) is 3.35. The van der Waals surface area contributed by atoms with E-state index in [9.17, 15) is 9.90 Å². The third kappa shape index (κ3) is 6.09. The van der Waals surface area contributed by atoms with Crippen LogP contribution in [0.4, 0.5) is 4.79 Å². The quantitative estimate of drug-likeness (QED) is 0.289. The molecule has 0 saturated carbocycles. The van der Waals surface area contributed by atoms with E-state index in [4.69, 9.17) is 4.74 Å². The van der Waals surface area contributed by atoms with Crippen molar-refractivity contribution in [2.75, 3.05) is 33.8 Å². The predicted octanol–water partition coefficient (Wildman–Crippen LogP) is 5.40. The van der Waals surface area contributed by atoms with Crippen molar-refractivity contribution in [2.24, 2.45) is 0 Å². The van der Waals surface area contributed by atoms with Crippen LogP contribution in [0.5, 0.6) is 0 Å². The standard InChI is InChI=1S/C31H36N2O3S/c1-4-20-36-30(35)33-22-27(21-28(33)29(34)23-32(2)3)37-31(24-14-8-5-9-15-24,25-16-10-6-11-17-25)26-18-12-7-13-19-26/h4-19,27-29,34H,1,20-23H2,2-3H3/t27-,28-,29?/m0/s1. The minimum absolute atomic E-state index is 0.0683. The van der Waals surface area contributed by atoms with Crippen molar-refractivity contribution >= 4 is 17.9 Å². The number of likely N-dealkylation sites (N-methyl/N-ethyl adjacent to an activating group) is 1. The number of carbonyl (C=O) groups excluding carboxylic acids is 1. The first-order valence-corrected chi connectivity index (χ1v) is 13.5. The average molecular weight is 517 g/mol. The SMILES string of the molecule is C=CCOC(=O)N1C[C@@H](SC(c2ccccc2)(c2ccccc2)c2ccccc2)C[C@H]1C(O)CN(C)C. The number of amides is 1. The Morgan fingerprint density at radius 1 is 1.03 bits per heavy atom. The van der Waals surface area contributed by atoms with Crippen LogP contribution in [0.3, 0.4) is 0 Å². The van der Waals surface area contributed by atoms with Crippen molar-refractivity contribution in [1.82, 2.24) is 9.80 Å². The first-order valence-electron chi connectivity index (χ1n) is 12.7. The molecule has 1 aliphatic heterocycles. The maximum atomic E-state index is 13.0. The highest BCUT2D eigenvalue weighted by Gasteiger charge is 2.46. The smallest absolute Gasteiger partial charge is 0.410 e. The lowest BCUT2D eigenvalue weighted by molar-refractivity contribution is 0.0427. The van der Waals surface area contributed by atoms with Crippen molar-refractivity contribution in [2.45, 2.75) is 28.6 Å². The van der Waals surface area contributed by atoms with Crippen molar-refractivity contribution in [1.29, 1.82) is 0 Å². The molecule has 1 fully saturated rings. The Morgan fingerprint density at radius 2 is 1.51 bits per heavy atom. The molecule has 4 rings (SSSR count). The molecule has 3 aromatic rings. The molecule has 1 unspecified atom stereocenters. The Bertz CT molecular complexity index is 1040. The molecule has 37 heavy (non-hydrogen) atoms. The zero-order valence-electron chi connectivity index (χ0n) is 21.6. The van der Waals surface area contributed by atoms with Crippen molar-refractivity contribution < 1.29 is 14.6 Å². The number of hydrogen-bond donors (Lipinski definition) is 1. The van der Waals surface area contributed by atoms with Gasteiger partial charge in [-0.05, 0) is 37.2 Å². The molecule has 0 radical (unpaired) electrons. The van der Waals surface area contributed by atoms with E-state index in [-0.39, 0.29) is 17.9 Å². The van der Waals surface area contributed by atoms with E-state index in [1.807, 2.05) is 49.0 Å². The molecular formula is C31H36N2O3S. The molecule has 1 amide bonds. The molecule has 194 valence electrons. The van der Waals surface area contributed by atoms with Gasteiger partial charge in [0.15, 0.2) is 0 Å². The summed E-state index contributed by atoms with van der Waals surface area (Å²) < 4.78 is 4.93. The number of carbonyl (C=O) groups is 1. The fraction of sp³-hybridized carbons (Fsp3) is 0.323. The molecule has 1 N–H and O–H groups in total. The lowest BCUT2D eigenvalue weighted by Crippen LogP contribution is -2.46.